The first-order chi connectivity index (χ1) is 6.77. The molecule has 0 spiro atoms. The number of hydrogen-bond acceptors (Lipinski definition) is 2. The van der Waals surface area contributed by atoms with Gasteiger partial charge in [0.15, 0.2) is 4.77 Å². The smallest absolute Gasteiger partial charge is 0.272 e. The molecule has 0 aliphatic heterocycles. The summed E-state index contributed by atoms with van der Waals surface area (Å²) in [7, 11) is 0. The van der Waals surface area contributed by atoms with Crippen molar-refractivity contribution in [3.63, 3.8) is 0 Å². The van der Waals surface area contributed by atoms with Gasteiger partial charge < -0.3 is 0 Å². The Labute approximate surface area is 85.2 Å². The Morgan fingerprint density at radius 3 is 2.50 bits per heavy atom. The van der Waals surface area contributed by atoms with E-state index in [0.29, 0.717) is 11.3 Å². The molecule has 72 valence electrons. The molecule has 0 unspecified atom stereocenters. The minimum absolute atomic E-state index is 0.209. The highest BCUT2D eigenvalue weighted by molar-refractivity contribution is 7.71. The fourth-order valence-corrected chi connectivity index (χ4v) is 1.44. The van der Waals surface area contributed by atoms with E-state index in [-0.39, 0.29) is 5.69 Å². The van der Waals surface area contributed by atoms with E-state index >= 15 is 0 Å². The number of hydrogen-bond donors (Lipinski definition) is 2. The molecular weight excluding hydrogens is 198 g/mol. The molecule has 0 amide bonds. The van der Waals surface area contributed by atoms with E-state index in [1.165, 1.54) is 4.57 Å². The van der Waals surface area contributed by atoms with Gasteiger partial charge in [-0.25, -0.2) is 9.89 Å². The highest BCUT2D eigenvalue weighted by atomic mass is 32.1. The molecule has 2 N–H and O–H groups in total. The molecule has 0 saturated heterocycles. The van der Waals surface area contributed by atoms with Crippen LogP contribution in [0.1, 0.15) is 5.56 Å². The average molecular weight is 207 g/mol. The van der Waals surface area contributed by atoms with Crippen LogP contribution >= 0.6 is 12.2 Å². The molecule has 1 aromatic heterocycles. The van der Waals surface area contributed by atoms with Crippen LogP contribution in [0.3, 0.4) is 0 Å². The monoisotopic (exact) mass is 207 g/mol. The van der Waals surface area contributed by atoms with Gasteiger partial charge in [0.25, 0.3) is 0 Å². The van der Waals surface area contributed by atoms with Crippen molar-refractivity contribution < 1.29 is 0 Å². The number of aromatic amines is 2. The maximum absolute atomic E-state index is 11.3. The maximum Gasteiger partial charge on any atom is 0.342 e. The van der Waals surface area contributed by atoms with Crippen molar-refractivity contribution in [1.29, 1.82) is 0 Å². The highest BCUT2D eigenvalue weighted by Crippen LogP contribution is 1.99. The summed E-state index contributed by atoms with van der Waals surface area (Å²) in [5.41, 5.74) is 0.840. The molecule has 4 nitrogen and oxygen atoms in total. The Morgan fingerprint density at radius 1 is 1.21 bits per heavy atom. The summed E-state index contributed by atoms with van der Waals surface area (Å²) in [5.74, 6) is 0. The van der Waals surface area contributed by atoms with E-state index in [4.69, 9.17) is 12.2 Å². The Bertz CT molecular complexity index is 495. The van der Waals surface area contributed by atoms with Gasteiger partial charge in [-0.15, -0.1) is 0 Å². The van der Waals surface area contributed by atoms with Crippen LogP contribution in [0.2, 0.25) is 0 Å². The quantitative estimate of drug-likeness (QED) is 0.729. The van der Waals surface area contributed by atoms with E-state index in [2.05, 4.69) is 10.2 Å². The van der Waals surface area contributed by atoms with Gasteiger partial charge >= 0.3 is 5.69 Å². The normalized spacial score (nSPS) is 10.3. The van der Waals surface area contributed by atoms with Crippen molar-refractivity contribution in [1.82, 2.24) is 14.8 Å². The van der Waals surface area contributed by atoms with Gasteiger partial charge in [-0.1, -0.05) is 30.3 Å². The van der Waals surface area contributed by atoms with E-state index in [9.17, 15) is 4.79 Å². The van der Waals surface area contributed by atoms with E-state index < -0.39 is 0 Å². The zero-order valence-electron chi connectivity index (χ0n) is 7.36. The van der Waals surface area contributed by atoms with Crippen LogP contribution in [0.5, 0.6) is 0 Å². The van der Waals surface area contributed by atoms with E-state index in [1.807, 2.05) is 30.3 Å². The minimum atomic E-state index is -0.209. The number of nitrogens with zero attached hydrogens (tertiary/aromatic N) is 1. The molecule has 1 heterocycles. The highest BCUT2D eigenvalue weighted by Gasteiger charge is 1.99. The molecule has 5 heteroatoms. The standard InChI is InChI=1S/C9H9N3OS/c13-8-10-11-9(14)12(8)6-7-4-2-1-3-5-7/h1-5H,6H2,(H,10,13)(H,11,14). The molecule has 0 saturated carbocycles. The second-order valence-corrected chi connectivity index (χ2v) is 3.32. The number of benzene rings is 1. The largest absolute Gasteiger partial charge is 0.342 e. The Kier molecular flexibility index (Phi) is 2.32. The lowest BCUT2D eigenvalue weighted by molar-refractivity contribution is 0.751. The number of nitrogens with one attached hydrogen (secondary N) is 2. The average Bonchev–Trinajstić information content (AvgIpc) is 2.51. The molecular formula is C9H9N3OS. The predicted molar refractivity (Wildman–Crippen MR) is 55.8 cm³/mol. The third kappa shape index (κ3) is 1.67. The lowest BCUT2D eigenvalue weighted by atomic mass is 10.2. The lowest BCUT2D eigenvalue weighted by Crippen LogP contribution is -2.17. The van der Waals surface area contributed by atoms with Crippen LogP contribution in [0.15, 0.2) is 35.1 Å². The molecule has 2 aromatic rings. The zero-order valence-corrected chi connectivity index (χ0v) is 8.17. The Morgan fingerprint density at radius 2 is 1.93 bits per heavy atom. The van der Waals surface area contributed by atoms with Gasteiger partial charge in [0.05, 0.1) is 6.54 Å². The summed E-state index contributed by atoms with van der Waals surface area (Å²) < 4.78 is 1.89. The van der Waals surface area contributed by atoms with Gasteiger partial charge in [-0.05, 0) is 17.8 Å². The first-order valence-corrected chi connectivity index (χ1v) is 4.59. The van der Waals surface area contributed by atoms with E-state index in [1.54, 1.807) is 0 Å². The predicted octanol–water partition coefficient (Wildman–Crippen LogP) is 1.28. The second-order valence-electron chi connectivity index (χ2n) is 2.93. The van der Waals surface area contributed by atoms with Crippen LogP contribution in [-0.4, -0.2) is 14.8 Å². The lowest BCUT2D eigenvalue weighted by Gasteiger charge is -1.99. The van der Waals surface area contributed by atoms with Crippen molar-refractivity contribution in [2.75, 3.05) is 0 Å². The molecule has 0 aliphatic carbocycles. The fraction of sp³-hybridized carbons (Fsp3) is 0.111. The van der Waals surface area contributed by atoms with E-state index in [0.717, 1.165) is 5.56 Å². The first kappa shape index (κ1) is 8.96. The van der Waals surface area contributed by atoms with Crippen molar-refractivity contribution in [2.24, 2.45) is 0 Å². The van der Waals surface area contributed by atoms with Gasteiger partial charge in [0.1, 0.15) is 0 Å². The summed E-state index contributed by atoms with van der Waals surface area (Å²) in [6.07, 6.45) is 0. The van der Waals surface area contributed by atoms with Crippen LogP contribution in [0, 0.1) is 4.77 Å². The first-order valence-electron chi connectivity index (χ1n) is 4.19. The number of aromatic nitrogens is 3. The molecule has 0 aliphatic rings. The molecule has 2 rings (SSSR count). The minimum Gasteiger partial charge on any atom is -0.272 e. The van der Waals surface area contributed by atoms with Gasteiger partial charge in [0.2, 0.25) is 0 Å². The van der Waals surface area contributed by atoms with Gasteiger partial charge in [-0.2, -0.15) is 0 Å². The van der Waals surface area contributed by atoms with Crippen LogP contribution in [-0.2, 0) is 6.54 Å². The summed E-state index contributed by atoms with van der Waals surface area (Å²) in [6, 6.07) is 9.70. The summed E-state index contributed by atoms with van der Waals surface area (Å²) >= 11 is 4.95. The topological polar surface area (TPSA) is 53.6 Å². The molecule has 0 bridgehead atoms. The van der Waals surface area contributed by atoms with Crippen molar-refractivity contribution in [3.8, 4) is 0 Å². The summed E-state index contributed by atoms with van der Waals surface area (Å²) in [5, 5.41) is 5.03. The number of rotatable bonds is 2. The van der Waals surface area contributed by atoms with Crippen molar-refractivity contribution >= 4 is 12.2 Å². The fourth-order valence-electron chi connectivity index (χ4n) is 1.24. The summed E-state index contributed by atoms with van der Waals surface area (Å²) in [6.45, 7) is 0.499. The Balaban J connectivity index is 2.37. The third-order valence-electron chi connectivity index (χ3n) is 1.95. The van der Waals surface area contributed by atoms with Gasteiger partial charge in [-0.3, -0.25) is 9.67 Å². The van der Waals surface area contributed by atoms with Crippen LogP contribution in [0.25, 0.3) is 0 Å². The second kappa shape index (κ2) is 3.63. The number of H-pyrrole nitrogens is 2. The summed E-state index contributed by atoms with van der Waals surface area (Å²) in [4.78, 5) is 11.3. The van der Waals surface area contributed by atoms with Crippen molar-refractivity contribution in [3.05, 3.63) is 51.2 Å². The van der Waals surface area contributed by atoms with Gasteiger partial charge in [0, 0.05) is 0 Å². The Hall–Kier alpha value is -1.62. The molecule has 0 atom stereocenters. The SMILES string of the molecule is O=c1[nH][nH]c(=S)n1Cc1ccccc1. The maximum atomic E-state index is 11.3. The van der Waals surface area contributed by atoms with Crippen LogP contribution in [0.4, 0.5) is 0 Å². The molecule has 0 fully saturated rings. The molecule has 0 radical (unpaired) electrons. The molecule has 14 heavy (non-hydrogen) atoms. The zero-order chi connectivity index (χ0) is 9.97. The van der Waals surface area contributed by atoms with Crippen LogP contribution < -0.4 is 5.69 Å². The third-order valence-corrected chi connectivity index (χ3v) is 2.27. The molecule has 1 aromatic carbocycles. The van der Waals surface area contributed by atoms with Crippen molar-refractivity contribution in [2.45, 2.75) is 6.54 Å².